The van der Waals surface area contributed by atoms with Crippen LogP contribution in [-0.2, 0) is 14.3 Å². The van der Waals surface area contributed by atoms with E-state index in [1.54, 1.807) is 12.1 Å². The maximum absolute atomic E-state index is 11.5. The molecule has 0 bridgehead atoms. The summed E-state index contributed by atoms with van der Waals surface area (Å²) in [6.45, 7) is 1.09. The highest BCUT2D eigenvalue weighted by molar-refractivity contribution is 5.70. The van der Waals surface area contributed by atoms with Crippen LogP contribution < -0.4 is 5.32 Å². The topological polar surface area (TPSA) is 88.0 Å². The van der Waals surface area contributed by atoms with Gasteiger partial charge in [-0.2, -0.15) is 0 Å². The van der Waals surface area contributed by atoms with Gasteiger partial charge in [0, 0.05) is 12.6 Å². The van der Waals surface area contributed by atoms with E-state index in [2.05, 4.69) is 10.1 Å². The summed E-state index contributed by atoms with van der Waals surface area (Å²) in [5.41, 5.74) is 0.732. The van der Waals surface area contributed by atoms with Crippen LogP contribution in [0.3, 0.4) is 0 Å². The molecule has 0 saturated carbocycles. The minimum absolute atomic E-state index is 0.0295. The highest BCUT2D eigenvalue weighted by atomic mass is 16.5. The fourth-order valence-corrected chi connectivity index (χ4v) is 1.92. The number of aliphatic hydroxyl groups is 2. The molecule has 0 aromatic heterocycles. The van der Waals surface area contributed by atoms with E-state index in [9.17, 15) is 9.90 Å². The van der Waals surface area contributed by atoms with Crippen LogP contribution in [0.1, 0.15) is 18.1 Å². The van der Waals surface area contributed by atoms with E-state index in [4.69, 9.17) is 9.84 Å². The molecule has 1 aromatic carbocycles. The van der Waals surface area contributed by atoms with E-state index in [0.29, 0.717) is 13.2 Å². The van der Waals surface area contributed by atoms with E-state index in [1.807, 2.05) is 18.2 Å². The summed E-state index contributed by atoms with van der Waals surface area (Å²) in [6, 6.07) is 8.67. The highest BCUT2D eigenvalue weighted by Gasteiger charge is 2.23. The van der Waals surface area contributed by atoms with Gasteiger partial charge in [0.1, 0.15) is 0 Å². The number of rotatable bonds is 10. The number of hydrogen-bond acceptors (Lipinski definition) is 6. The Morgan fingerprint density at radius 3 is 2.62 bits per heavy atom. The third-order valence-electron chi connectivity index (χ3n) is 3.03. The summed E-state index contributed by atoms with van der Waals surface area (Å²) in [6.07, 6.45) is -0.754. The average Bonchev–Trinajstić information content (AvgIpc) is 2.53. The molecule has 6 nitrogen and oxygen atoms in total. The van der Waals surface area contributed by atoms with Crippen LogP contribution in [0.15, 0.2) is 30.3 Å². The van der Waals surface area contributed by atoms with Gasteiger partial charge in [0.25, 0.3) is 0 Å². The molecular formula is C15H23NO5. The molecule has 0 saturated heterocycles. The van der Waals surface area contributed by atoms with Gasteiger partial charge in [0.05, 0.1) is 39.5 Å². The molecule has 118 valence electrons. The Bertz CT molecular complexity index is 398. The van der Waals surface area contributed by atoms with Crippen LogP contribution in [0.4, 0.5) is 0 Å². The van der Waals surface area contributed by atoms with Gasteiger partial charge < -0.3 is 25.0 Å². The van der Waals surface area contributed by atoms with Crippen LogP contribution in [-0.4, -0.2) is 55.7 Å². The number of carbonyl (C=O) groups excluding carboxylic acids is 1. The fourth-order valence-electron chi connectivity index (χ4n) is 1.92. The smallest absolute Gasteiger partial charge is 0.307 e. The van der Waals surface area contributed by atoms with Crippen molar-refractivity contribution in [2.24, 2.45) is 0 Å². The Morgan fingerprint density at radius 1 is 1.29 bits per heavy atom. The lowest BCUT2D eigenvalue weighted by Gasteiger charge is -2.23. The molecule has 0 spiro atoms. The Balaban J connectivity index is 2.57. The van der Waals surface area contributed by atoms with Gasteiger partial charge in [-0.1, -0.05) is 30.3 Å². The molecule has 0 aliphatic rings. The first-order valence-corrected chi connectivity index (χ1v) is 6.90. The first-order valence-electron chi connectivity index (χ1n) is 6.90. The molecule has 1 rings (SSSR count). The second-order valence-electron chi connectivity index (χ2n) is 4.53. The van der Waals surface area contributed by atoms with Crippen LogP contribution in [0.5, 0.6) is 0 Å². The van der Waals surface area contributed by atoms with Crippen LogP contribution in [0, 0.1) is 0 Å². The van der Waals surface area contributed by atoms with Crippen molar-refractivity contribution in [3.05, 3.63) is 35.9 Å². The third kappa shape index (κ3) is 6.68. The number of methoxy groups -OCH3 is 1. The molecule has 0 fully saturated rings. The highest BCUT2D eigenvalue weighted by Crippen LogP contribution is 2.18. The summed E-state index contributed by atoms with van der Waals surface area (Å²) in [5, 5.41) is 22.1. The van der Waals surface area contributed by atoms with Crippen molar-refractivity contribution in [1.82, 2.24) is 5.32 Å². The van der Waals surface area contributed by atoms with Gasteiger partial charge in [-0.25, -0.2) is 0 Å². The fraction of sp³-hybridized carbons (Fsp3) is 0.533. The van der Waals surface area contributed by atoms with Crippen molar-refractivity contribution in [2.45, 2.75) is 18.6 Å². The lowest BCUT2D eigenvalue weighted by atomic mass is 10.00. The molecule has 0 radical (unpaired) electrons. The average molecular weight is 297 g/mol. The normalized spacial score (nSPS) is 13.7. The Kier molecular flexibility index (Phi) is 8.61. The van der Waals surface area contributed by atoms with Gasteiger partial charge in [0.2, 0.25) is 0 Å². The summed E-state index contributed by atoms with van der Waals surface area (Å²) >= 11 is 0. The number of esters is 1. The van der Waals surface area contributed by atoms with Crippen LogP contribution in [0.2, 0.25) is 0 Å². The predicted octanol–water partition coefficient (Wildman–Crippen LogP) is 0.250. The molecule has 0 aliphatic heterocycles. The summed E-state index contributed by atoms with van der Waals surface area (Å²) in [4.78, 5) is 11.5. The van der Waals surface area contributed by atoms with E-state index in [1.165, 1.54) is 7.11 Å². The van der Waals surface area contributed by atoms with E-state index in [-0.39, 0.29) is 19.6 Å². The van der Waals surface area contributed by atoms with Gasteiger partial charge in [-0.05, 0) is 5.56 Å². The number of nitrogens with one attached hydrogen (secondary N) is 1. The first-order chi connectivity index (χ1) is 10.2. The zero-order valence-electron chi connectivity index (χ0n) is 12.2. The summed E-state index contributed by atoms with van der Waals surface area (Å²) < 4.78 is 9.80. The maximum Gasteiger partial charge on any atom is 0.307 e. The number of benzene rings is 1. The number of aliphatic hydroxyl groups excluding tert-OH is 2. The number of carbonyl (C=O) groups is 1. The molecule has 6 heteroatoms. The van der Waals surface area contributed by atoms with E-state index >= 15 is 0 Å². The van der Waals surface area contributed by atoms with Gasteiger partial charge in [-0.3, -0.25) is 4.79 Å². The minimum Gasteiger partial charge on any atom is -0.469 e. The van der Waals surface area contributed by atoms with Crippen molar-refractivity contribution in [3.8, 4) is 0 Å². The largest absolute Gasteiger partial charge is 0.469 e. The Hall–Kier alpha value is -1.47. The van der Waals surface area contributed by atoms with E-state index < -0.39 is 18.1 Å². The van der Waals surface area contributed by atoms with Crippen LogP contribution in [0.25, 0.3) is 0 Å². The molecule has 0 heterocycles. The summed E-state index contributed by atoms with van der Waals surface area (Å²) in [5.74, 6) is -0.390. The van der Waals surface area contributed by atoms with Gasteiger partial charge >= 0.3 is 5.97 Å². The lowest BCUT2D eigenvalue weighted by Crippen LogP contribution is -2.39. The molecular weight excluding hydrogens is 274 g/mol. The zero-order valence-corrected chi connectivity index (χ0v) is 12.2. The van der Waals surface area contributed by atoms with E-state index in [0.717, 1.165) is 5.56 Å². The molecule has 3 N–H and O–H groups in total. The second kappa shape index (κ2) is 10.3. The Labute approximate surface area is 124 Å². The molecule has 0 amide bonds. The lowest BCUT2D eigenvalue weighted by molar-refractivity contribution is -0.142. The third-order valence-corrected chi connectivity index (χ3v) is 3.03. The number of hydrogen-bond donors (Lipinski definition) is 3. The van der Waals surface area contributed by atoms with Crippen molar-refractivity contribution in [3.63, 3.8) is 0 Å². The van der Waals surface area contributed by atoms with Crippen molar-refractivity contribution >= 4 is 5.97 Å². The van der Waals surface area contributed by atoms with Crippen molar-refractivity contribution in [1.29, 1.82) is 0 Å². The molecule has 1 aromatic rings. The summed E-state index contributed by atoms with van der Waals surface area (Å²) in [7, 11) is 1.32. The minimum atomic E-state index is -0.817. The van der Waals surface area contributed by atoms with Gasteiger partial charge in [-0.15, -0.1) is 0 Å². The maximum atomic E-state index is 11.5. The SMILES string of the molecule is COC(=O)CC(NCCOCCO)C(O)c1ccccc1. The zero-order chi connectivity index (χ0) is 15.5. The van der Waals surface area contributed by atoms with Crippen molar-refractivity contribution < 1.29 is 24.5 Å². The molecule has 0 aliphatic carbocycles. The van der Waals surface area contributed by atoms with Gasteiger partial charge in [0.15, 0.2) is 0 Å². The second-order valence-corrected chi connectivity index (χ2v) is 4.53. The number of ether oxygens (including phenoxy) is 2. The quantitative estimate of drug-likeness (QED) is 0.424. The standard InChI is InChI=1S/C15H23NO5/c1-20-14(18)11-13(16-7-9-21-10-8-17)15(19)12-5-3-2-4-6-12/h2-6,13,15-17,19H,7-11H2,1H3. The molecule has 2 atom stereocenters. The first kappa shape index (κ1) is 17.6. The van der Waals surface area contributed by atoms with Crippen molar-refractivity contribution in [2.75, 3.05) is 33.5 Å². The van der Waals surface area contributed by atoms with Crippen LogP contribution >= 0.6 is 0 Å². The molecule has 21 heavy (non-hydrogen) atoms. The molecule has 2 unspecified atom stereocenters. The Morgan fingerprint density at radius 2 is 2.00 bits per heavy atom. The monoisotopic (exact) mass is 297 g/mol. The predicted molar refractivity (Wildman–Crippen MR) is 77.7 cm³/mol.